The van der Waals surface area contributed by atoms with Gasteiger partial charge in [0, 0.05) is 7.11 Å². The van der Waals surface area contributed by atoms with Gasteiger partial charge in [0.15, 0.2) is 0 Å². The number of hydrogen-bond donors (Lipinski definition) is 0. The Balaban J connectivity index is 1.64. The molecule has 0 saturated heterocycles. The zero-order valence-corrected chi connectivity index (χ0v) is 20.8. The van der Waals surface area contributed by atoms with Crippen molar-refractivity contribution in [3.8, 4) is 0 Å². The van der Waals surface area contributed by atoms with Crippen LogP contribution < -0.4 is 15.9 Å². The van der Waals surface area contributed by atoms with Gasteiger partial charge in [-0.2, -0.15) is 0 Å². The number of methoxy groups -OCH3 is 1. The third-order valence-electron chi connectivity index (χ3n) is 6.70. The quantitative estimate of drug-likeness (QED) is 0.182. The summed E-state index contributed by atoms with van der Waals surface area (Å²) >= 11 is 0. The predicted octanol–water partition coefficient (Wildman–Crippen LogP) is 6.87. The van der Waals surface area contributed by atoms with Crippen LogP contribution in [0.2, 0.25) is 0 Å². The first-order chi connectivity index (χ1) is 15.9. The molecule has 0 aliphatic carbocycles. The number of ether oxygens (including phenoxy) is 1. The second-order valence-corrected chi connectivity index (χ2v) is 13.0. The Kier molecular flexibility index (Phi) is 11.0. The Hall–Kier alpha value is -1.95. The van der Waals surface area contributed by atoms with E-state index in [1.807, 2.05) is 0 Å². The molecule has 32 heavy (non-hydrogen) atoms. The van der Waals surface area contributed by atoms with Crippen LogP contribution >= 0.6 is 7.26 Å². The summed E-state index contributed by atoms with van der Waals surface area (Å²) in [4.78, 5) is 0. The van der Waals surface area contributed by atoms with Crippen molar-refractivity contribution >= 4 is 23.2 Å². The van der Waals surface area contributed by atoms with Crippen LogP contribution in [0.3, 0.4) is 0 Å². The van der Waals surface area contributed by atoms with Crippen LogP contribution in [0.4, 0.5) is 0 Å². The molecule has 0 spiro atoms. The van der Waals surface area contributed by atoms with Gasteiger partial charge in [0.1, 0.15) is 0 Å². The van der Waals surface area contributed by atoms with E-state index in [1.165, 1.54) is 79.9 Å². The third-order valence-corrected chi connectivity index (χ3v) is 11.8. The van der Waals surface area contributed by atoms with E-state index in [9.17, 15) is 0 Å². The predicted molar refractivity (Wildman–Crippen MR) is 145 cm³/mol. The second-order valence-electron chi connectivity index (χ2n) is 8.93. The van der Waals surface area contributed by atoms with Gasteiger partial charge in [-0.05, 0) is 0 Å². The molecule has 0 aliphatic heterocycles. The van der Waals surface area contributed by atoms with Gasteiger partial charge in [0.2, 0.25) is 0 Å². The monoisotopic (exact) mass is 448 g/mol. The topological polar surface area (TPSA) is 9.23 Å². The number of rotatable bonds is 15. The minimum atomic E-state index is -2.03. The van der Waals surface area contributed by atoms with E-state index < -0.39 is 7.26 Å². The Labute approximate surface area is 196 Å². The first-order valence-corrected chi connectivity index (χ1v) is 14.7. The van der Waals surface area contributed by atoms with E-state index in [1.54, 1.807) is 7.11 Å². The van der Waals surface area contributed by atoms with Crippen molar-refractivity contribution in [3.63, 3.8) is 0 Å². The van der Waals surface area contributed by atoms with Crippen molar-refractivity contribution in [2.45, 2.75) is 57.8 Å². The van der Waals surface area contributed by atoms with Gasteiger partial charge in [-0.1, -0.05) is 0 Å². The number of unbranched alkanes of at least 4 members (excludes halogenated alkanes) is 8. The number of hydrogen-bond acceptors (Lipinski definition) is 1. The fraction of sp³-hybridized carbons (Fsp3) is 0.400. The molecule has 0 amide bonds. The first-order valence-electron chi connectivity index (χ1n) is 12.5. The molecule has 3 rings (SSSR count). The average molecular weight is 449 g/mol. The molecule has 2 heteroatoms. The molecule has 0 aromatic heterocycles. The van der Waals surface area contributed by atoms with Crippen LogP contribution in [0, 0.1) is 0 Å². The molecular weight excluding hydrogens is 407 g/mol. The molecule has 3 aromatic carbocycles. The first kappa shape index (κ1) is 24.7. The summed E-state index contributed by atoms with van der Waals surface area (Å²) < 4.78 is 5.14. The summed E-state index contributed by atoms with van der Waals surface area (Å²) in [5.41, 5.74) is 0. The van der Waals surface area contributed by atoms with E-state index in [-0.39, 0.29) is 0 Å². The maximum absolute atomic E-state index is 5.14. The van der Waals surface area contributed by atoms with E-state index in [0.717, 1.165) is 6.61 Å². The van der Waals surface area contributed by atoms with E-state index in [0.29, 0.717) is 0 Å². The van der Waals surface area contributed by atoms with Crippen molar-refractivity contribution in [2.24, 2.45) is 0 Å². The normalized spacial score (nSPS) is 12.0. The summed E-state index contributed by atoms with van der Waals surface area (Å²) in [7, 11) is -0.233. The SMILES string of the molecule is COCCCCCCCCCCC[PH](c1ccccc1)(c1ccccc1)c1ccccc1. The zero-order valence-electron chi connectivity index (χ0n) is 19.8. The summed E-state index contributed by atoms with van der Waals surface area (Å²) in [6.07, 6.45) is 13.3. The molecule has 3 aromatic rings. The van der Waals surface area contributed by atoms with Crippen molar-refractivity contribution < 1.29 is 4.74 Å². The van der Waals surface area contributed by atoms with Crippen LogP contribution in [0.25, 0.3) is 0 Å². The third kappa shape index (κ3) is 7.03. The molecule has 0 fully saturated rings. The molecule has 0 bridgehead atoms. The van der Waals surface area contributed by atoms with Gasteiger partial charge in [-0.15, -0.1) is 0 Å². The van der Waals surface area contributed by atoms with E-state index in [2.05, 4.69) is 91.0 Å². The van der Waals surface area contributed by atoms with Gasteiger partial charge >= 0.3 is 189 Å². The van der Waals surface area contributed by atoms with Crippen LogP contribution in [-0.2, 0) is 4.74 Å². The van der Waals surface area contributed by atoms with Gasteiger partial charge in [0.25, 0.3) is 0 Å². The molecule has 0 N–H and O–H groups in total. The molecule has 0 unspecified atom stereocenters. The van der Waals surface area contributed by atoms with Gasteiger partial charge < -0.3 is 0 Å². The average Bonchev–Trinajstić information content (AvgIpc) is 2.87. The fourth-order valence-electron chi connectivity index (χ4n) is 4.98. The Bertz CT molecular complexity index is 751. The summed E-state index contributed by atoms with van der Waals surface area (Å²) in [5.74, 6) is 0. The molecule has 0 heterocycles. The molecule has 172 valence electrons. The van der Waals surface area contributed by atoms with E-state index >= 15 is 0 Å². The fourth-order valence-corrected chi connectivity index (χ4v) is 9.91. The van der Waals surface area contributed by atoms with Crippen LogP contribution in [0.15, 0.2) is 91.0 Å². The standard InChI is InChI=1S/C30H41OP/c1-31-26-18-7-5-3-2-4-6-8-19-27-32(28-20-12-9-13-21-28,29-22-14-10-15-23-29)30-24-16-11-17-25-30/h9-17,20-25,32H,2-8,18-19,26-27H2,1H3. The van der Waals surface area contributed by atoms with Crippen molar-refractivity contribution in [1.29, 1.82) is 0 Å². The minimum absolute atomic E-state index is 0.913. The van der Waals surface area contributed by atoms with Crippen molar-refractivity contribution in [1.82, 2.24) is 0 Å². The van der Waals surface area contributed by atoms with Crippen LogP contribution in [0.5, 0.6) is 0 Å². The van der Waals surface area contributed by atoms with Crippen molar-refractivity contribution in [2.75, 3.05) is 19.9 Å². The molecule has 0 radical (unpaired) electrons. The summed E-state index contributed by atoms with van der Waals surface area (Å²) in [6.45, 7) is 0.913. The van der Waals surface area contributed by atoms with Crippen LogP contribution in [0.1, 0.15) is 57.8 Å². The summed E-state index contributed by atoms with van der Waals surface area (Å²) in [6, 6.07) is 34.0. The molecule has 0 atom stereocenters. The molecule has 1 nitrogen and oxygen atoms in total. The van der Waals surface area contributed by atoms with Crippen molar-refractivity contribution in [3.05, 3.63) is 91.0 Å². The van der Waals surface area contributed by atoms with Gasteiger partial charge in [0.05, 0.1) is 0 Å². The number of benzene rings is 3. The summed E-state index contributed by atoms with van der Waals surface area (Å²) in [5, 5.41) is 4.61. The molecule has 0 aliphatic rings. The van der Waals surface area contributed by atoms with Gasteiger partial charge in [-0.25, -0.2) is 0 Å². The maximum atomic E-state index is 5.14. The molecule has 0 saturated carbocycles. The second kappa shape index (κ2) is 14.2. The Morgan fingerprint density at radius 3 is 1.19 bits per heavy atom. The molecular formula is C30H41OP. The Morgan fingerprint density at radius 1 is 0.469 bits per heavy atom. The zero-order chi connectivity index (χ0) is 22.3. The van der Waals surface area contributed by atoms with Gasteiger partial charge in [-0.3, -0.25) is 0 Å². The van der Waals surface area contributed by atoms with Crippen LogP contribution in [-0.4, -0.2) is 19.9 Å². The van der Waals surface area contributed by atoms with E-state index in [4.69, 9.17) is 4.74 Å². The Morgan fingerprint density at radius 2 is 0.812 bits per heavy atom.